The summed E-state index contributed by atoms with van der Waals surface area (Å²) in [7, 11) is 0. The van der Waals surface area contributed by atoms with Gasteiger partial charge in [0.1, 0.15) is 0 Å². The highest BCUT2D eigenvalue weighted by molar-refractivity contribution is 6.00. The summed E-state index contributed by atoms with van der Waals surface area (Å²) in [5.41, 5.74) is 10.1. The molecule has 4 aromatic rings. The van der Waals surface area contributed by atoms with E-state index in [1.807, 2.05) is 0 Å². The minimum Gasteiger partial charge on any atom is -0.0622 e. The largest absolute Gasteiger partial charge is 0.0622 e. The zero-order chi connectivity index (χ0) is 19.3. The summed E-state index contributed by atoms with van der Waals surface area (Å²) in [5, 5.41) is 0. The summed E-state index contributed by atoms with van der Waals surface area (Å²) in [5.74, 6) is 0. The number of benzene rings is 4. The first-order valence-electron chi connectivity index (χ1n) is 9.72. The number of allylic oxidation sites excluding steroid dienone is 1. The Bertz CT molecular complexity index is 1040. The Balaban J connectivity index is 1.96. The van der Waals surface area contributed by atoms with E-state index in [0.717, 1.165) is 0 Å². The monoisotopic (exact) mass is 360 g/mol. The Kier molecular flexibility index (Phi) is 5.21. The fourth-order valence-corrected chi connectivity index (χ4v) is 3.74. The topological polar surface area (TPSA) is 0 Å². The van der Waals surface area contributed by atoms with E-state index in [1.165, 1.54) is 44.5 Å². The van der Waals surface area contributed by atoms with Crippen LogP contribution in [0.1, 0.15) is 29.2 Å². The molecule has 136 valence electrons. The molecule has 0 saturated heterocycles. The molecule has 0 aliphatic heterocycles. The third-order valence-corrected chi connectivity index (χ3v) is 5.19. The van der Waals surface area contributed by atoms with E-state index in [-0.39, 0.29) is 0 Å². The van der Waals surface area contributed by atoms with Crippen LogP contribution in [-0.4, -0.2) is 0 Å². The lowest BCUT2D eigenvalue weighted by atomic mass is 9.87. The van der Waals surface area contributed by atoms with Gasteiger partial charge in [-0.15, -0.1) is 0 Å². The number of rotatable bonds is 4. The van der Waals surface area contributed by atoms with Crippen molar-refractivity contribution in [3.63, 3.8) is 0 Å². The molecule has 0 N–H and O–H groups in total. The normalized spacial score (nSPS) is 10.5. The summed E-state index contributed by atoms with van der Waals surface area (Å²) >= 11 is 0. The van der Waals surface area contributed by atoms with Gasteiger partial charge < -0.3 is 0 Å². The van der Waals surface area contributed by atoms with Crippen molar-refractivity contribution in [2.75, 3.05) is 0 Å². The molecule has 4 aromatic carbocycles. The highest BCUT2D eigenvalue weighted by atomic mass is 14.2. The number of hydrogen-bond donors (Lipinski definition) is 0. The lowest BCUT2D eigenvalue weighted by Gasteiger charge is -2.17. The van der Waals surface area contributed by atoms with Gasteiger partial charge >= 0.3 is 0 Å². The minimum absolute atomic E-state index is 1.24. The van der Waals surface area contributed by atoms with Gasteiger partial charge in [0.2, 0.25) is 0 Å². The molecule has 0 fully saturated rings. The lowest BCUT2D eigenvalue weighted by Crippen LogP contribution is -1.95. The van der Waals surface area contributed by atoms with Crippen molar-refractivity contribution in [3.05, 3.63) is 131 Å². The van der Waals surface area contributed by atoms with Crippen LogP contribution in [0.4, 0.5) is 0 Å². The summed E-state index contributed by atoms with van der Waals surface area (Å²) in [6.45, 7) is 4.37. The number of aryl methyl sites for hydroxylation is 1. The average Bonchev–Trinajstić information content (AvgIpc) is 2.76. The van der Waals surface area contributed by atoms with Crippen LogP contribution in [0.5, 0.6) is 0 Å². The zero-order valence-corrected chi connectivity index (χ0v) is 16.4. The lowest BCUT2D eigenvalue weighted by molar-refractivity contribution is 1.45. The van der Waals surface area contributed by atoms with Gasteiger partial charge in [-0.3, -0.25) is 0 Å². The zero-order valence-electron chi connectivity index (χ0n) is 16.4. The summed E-state index contributed by atoms with van der Waals surface area (Å²) < 4.78 is 0. The Morgan fingerprint density at radius 3 is 1.61 bits per heavy atom. The SMILES string of the molecule is CC(=C(c1ccccc1)c1ccccc1)c1ccccc1-c1ccc(C)cc1. The summed E-state index contributed by atoms with van der Waals surface area (Å²) in [6.07, 6.45) is 0. The highest BCUT2D eigenvalue weighted by Gasteiger charge is 2.13. The van der Waals surface area contributed by atoms with Gasteiger partial charge in [-0.25, -0.2) is 0 Å². The van der Waals surface area contributed by atoms with E-state index in [9.17, 15) is 0 Å². The molecule has 0 amide bonds. The second-order valence-corrected chi connectivity index (χ2v) is 7.14. The molecule has 0 aliphatic carbocycles. The average molecular weight is 361 g/mol. The van der Waals surface area contributed by atoms with E-state index < -0.39 is 0 Å². The van der Waals surface area contributed by atoms with E-state index in [4.69, 9.17) is 0 Å². The molecule has 0 heterocycles. The van der Waals surface area contributed by atoms with Crippen LogP contribution < -0.4 is 0 Å². The van der Waals surface area contributed by atoms with Gasteiger partial charge in [0.25, 0.3) is 0 Å². The summed E-state index contributed by atoms with van der Waals surface area (Å²) in [6, 6.07) is 38.8. The van der Waals surface area contributed by atoms with Crippen molar-refractivity contribution in [2.24, 2.45) is 0 Å². The van der Waals surface area contributed by atoms with Crippen molar-refractivity contribution >= 4 is 11.1 Å². The molecule has 0 heteroatoms. The van der Waals surface area contributed by atoms with E-state index in [2.05, 4.69) is 123 Å². The van der Waals surface area contributed by atoms with Crippen LogP contribution in [0.2, 0.25) is 0 Å². The van der Waals surface area contributed by atoms with Crippen LogP contribution in [0.15, 0.2) is 109 Å². The third-order valence-electron chi connectivity index (χ3n) is 5.19. The Morgan fingerprint density at radius 1 is 0.536 bits per heavy atom. The van der Waals surface area contributed by atoms with Crippen molar-refractivity contribution in [3.8, 4) is 11.1 Å². The predicted octanol–water partition coefficient (Wildman–Crippen LogP) is 7.64. The van der Waals surface area contributed by atoms with Crippen LogP contribution in [-0.2, 0) is 0 Å². The molecule has 0 unspecified atom stereocenters. The first-order valence-corrected chi connectivity index (χ1v) is 9.72. The molecule has 0 saturated carbocycles. The fraction of sp³-hybridized carbons (Fsp3) is 0.0714. The van der Waals surface area contributed by atoms with Gasteiger partial charge in [0.15, 0.2) is 0 Å². The van der Waals surface area contributed by atoms with Gasteiger partial charge in [-0.1, -0.05) is 115 Å². The molecule has 0 atom stereocenters. The molecular formula is C28H24. The van der Waals surface area contributed by atoms with E-state index in [0.29, 0.717) is 0 Å². The van der Waals surface area contributed by atoms with Gasteiger partial charge in [0.05, 0.1) is 0 Å². The molecule has 0 radical (unpaired) electrons. The standard InChI is InChI=1S/C28H24/c1-21-17-19-23(20-18-21)27-16-10-9-15-26(27)22(2)28(24-11-5-3-6-12-24)25-13-7-4-8-14-25/h3-20H,1-2H3. The molecular weight excluding hydrogens is 336 g/mol. The van der Waals surface area contributed by atoms with Gasteiger partial charge in [-0.05, 0) is 52.8 Å². The highest BCUT2D eigenvalue weighted by Crippen LogP contribution is 2.36. The maximum atomic E-state index is 2.24. The molecule has 0 aromatic heterocycles. The van der Waals surface area contributed by atoms with Crippen molar-refractivity contribution in [1.29, 1.82) is 0 Å². The van der Waals surface area contributed by atoms with Crippen molar-refractivity contribution in [1.82, 2.24) is 0 Å². The summed E-state index contributed by atoms with van der Waals surface area (Å²) in [4.78, 5) is 0. The molecule has 0 spiro atoms. The second-order valence-electron chi connectivity index (χ2n) is 7.14. The molecule has 0 nitrogen and oxygen atoms in total. The first kappa shape index (κ1) is 18.0. The van der Waals surface area contributed by atoms with E-state index >= 15 is 0 Å². The van der Waals surface area contributed by atoms with Crippen LogP contribution in [0.3, 0.4) is 0 Å². The minimum atomic E-state index is 1.24. The molecule has 0 bridgehead atoms. The number of hydrogen-bond acceptors (Lipinski definition) is 0. The Morgan fingerprint density at radius 2 is 1.04 bits per heavy atom. The first-order chi connectivity index (χ1) is 13.7. The second kappa shape index (κ2) is 8.10. The van der Waals surface area contributed by atoms with Gasteiger partial charge in [-0.2, -0.15) is 0 Å². The smallest absolute Gasteiger partial charge is 0.00760 e. The molecule has 28 heavy (non-hydrogen) atoms. The van der Waals surface area contributed by atoms with Gasteiger partial charge in [0, 0.05) is 0 Å². The Labute approximate surface area is 167 Å². The predicted molar refractivity (Wildman–Crippen MR) is 121 cm³/mol. The van der Waals surface area contributed by atoms with Crippen molar-refractivity contribution in [2.45, 2.75) is 13.8 Å². The van der Waals surface area contributed by atoms with Crippen LogP contribution in [0.25, 0.3) is 22.3 Å². The van der Waals surface area contributed by atoms with Crippen LogP contribution in [0, 0.1) is 6.92 Å². The van der Waals surface area contributed by atoms with Crippen LogP contribution >= 0.6 is 0 Å². The fourth-order valence-electron chi connectivity index (χ4n) is 3.74. The maximum Gasteiger partial charge on any atom is -0.00760 e. The Hall–Kier alpha value is -3.38. The maximum absolute atomic E-state index is 2.24. The van der Waals surface area contributed by atoms with E-state index in [1.54, 1.807) is 0 Å². The molecule has 0 aliphatic rings. The van der Waals surface area contributed by atoms with Crippen molar-refractivity contribution < 1.29 is 0 Å². The molecule has 4 rings (SSSR count). The third kappa shape index (κ3) is 3.68. The quantitative estimate of drug-likeness (QED) is 0.328.